The summed E-state index contributed by atoms with van der Waals surface area (Å²) in [4.78, 5) is 23.1. The van der Waals surface area contributed by atoms with Crippen molar-refractivity contribution in [2.45, 2.75) is 31.9 Å². The predicted molar refractivity (Wildman–Crippen MR) is 109 cm³/mol. The molecule has 7 nitrogen and oxygen atoms in total. The second-order valence-corrected chi connectivity index (χ2v) is 7.28. The average Bonchev–Trinajstić information content (AvgIpc) is 3.21. The number of benzene rings is 1. The van der Waals surface area contributed by atoms with Gasteiger partial charge >= 0.3 is 0 Å². The van der Waals surface area contributed by atoms with Gasteiger partial charge in [0.1, 0.15) is 6.33 Å². The third-order valence-corrected chi connectivity index (χ3v) is 5.40. The van der Waals surface area contributed by atoms with Gasteiger partial charge in [-0.1, -0.05) is 18.2 Å². The van der Waals surface area contributed by atoms with Gasteiger partial charge in [0.25, 0.3) is 5.91 Å². The van der Waals surface area contributed by atoms with Gasteiger partial charge in [0, 0.05) is 50.4 Å². The fourth-order valence-corrected chi connectivity index (χ4v) is 3.93. The van der Waals surface area contributed by atoms with Crippen LogP contribution in [0, 0.1) is 0 Å². The first-order valence-corrected chi connectivity index (χ1v) is 9.92. The molecule has 0 N–H and O–H groups in total. The standard InChI is InChI=1S/C22H25N5O2/c1-3-27(22(28)19-13-25-26(2)14-19)20-7-8-29-21(10-20)17-6-4-5-16(9-17)18-11-23-15-24-12-18/h4-6,9,11-15,20-21H,3,7-8,10H2,1-2H3/t20-,21+/m0/s1. The Morgan fingerprint density at radius 1 is 1.24 bits per heavy atom. The van der Waals surface area contributed by atoms with Gasteiger partial charge in [-0.25, -0.2) is 9.97 Å². The Balaban J connectivity index is 1.53. The molecule has 1 aromatic carbocycles. The second kappa shape index (κ2) is 8.53. The summed E-state index contributed by atoms with van der Waals surface area (Å²) >= 11 is 0. The van der Waals surface area contributed by atoms with Crippen LogP contribution in [0.15, 0.2) is 55.4 Å². The van der Waals surface area contributed by atoms with Gasteiger partial charge in [0.2, 0.25) is 0 Å². The normalized spacial score (nSPS) is 19.1. The number of carbonyl (C=O) groups is 1. The summed E-state index contributed by atoms with van der Waals surface area (Å²) in [5.74, 6) is 0.0291. The summed E-state index contributed by atoms with van der Waals surface area (Å²) < 4.78 is 7.74. The highest BCUT2D eigenvalue weighted by molar-refractivity contribution is 5.94. The van der Waals surface area contributed by atoms with Gasteiger partial charge in [-0.3, -0.25) is 9.48 Å². The summed E-state index contributed by atoms with van der Waals surface area (Å²) in [6.45, 7) is 3.31. The fraction of sp³-hybridized carbons (Fsp3) is 0.364. The molecule has 1 amide bonds. The maximum atomic E-state index is 13.0. The van der Waals surface area contributed by atoms with E-state index >= 15 is 0 Å². The van der Waals surface area contributed by atoms with E-state index in [0.717, 1.165) is 29.5 Å². The predicted octanol–water partition coefficient (Wildman–Crippen LogP) is 3.26. The molecule has 29 heavy (non-hydrogen) atoms. The molecule has 1 aliphatic rings. The van der Waals surface area contributed by atoms with Crippen LogP contribution in [0.3, 0.4) is 0 Å². The lowest BCUT2D eigenvalue weighted by Crippen LogP contribution is -2.43. The molecule has 0 spiro atoms. The molecule has 3 aromatic rings. The Morgan fingerprint density at radius 3 is 2.79 bits per heavy atom. The summed E-state index contributed by atoms with van der Waals surface area (Å²) in [7, 11) is 1.82. The van der Waals surface area contributed by atoms with Gasteiger partial charge in [0.15, 0.2) is 0 Å². The highest BCUT2D eigenvalue weighted by atomic mass is 16.5. The minimum absolute atomic E-state index is 0.0291. The molecule has 0 unspecified atom stereocenters. The lowest BCUT2D eigenvalue weighted by molar-refractivity contribution is -0.0231. The summed E-state index contributed by atoms with van der Waals surface area (Å²) in [5, 5.41) is 4.13. The molecule has 7 heteroatoms. The maximum absolute atomic E-state index is 13.0. The second-order valence-electron chi connectivity index (χ2n) is 7.28. The summed E-state index contributed by atoms with van der Waals surface area (Å²) in [6.07, 6.45) is 10.1. The Hall–Kier alpha value is -3.06. The van der Waals surface area contributed by atoms with E-state index in [4.69, 9.17) is 4.74 Å². The van der Waals surface area contributed by atoms with Crippen LogP contribution in [0.2, 0.25) is 0 Å². The van der Waals surface area contributed by atoms with E-state index in [2.05, 4.69) is 27.2 Å². The van der Waals surface area contributed by atoms with Crippen LogP contribution < -0.4 is 0 Å². The van der Waals surface area contributed by atoms with Gasteiger partial charge in [-0.15, -0.1) is 0 Å². The van der Waals surface area contributed by atoms with Crippen molar-refractivity contribution in [1.29, 1.82) is 0 Å². The Kier molecular flexibility index (Phi) is 5.67. The number of aryl methyl sites for hydroxylation is 1. The Labute approximate surface area is 170 Å². The van der Waals surface area contributed by atoms with Gasteiger partial charge in [0.05, 0.1) is 17.9 Å². The topological polar surface area (TPSA) is 73.1 Å². The largest absolute Gasteiger partial charge is 0.373 e. The smallest absolute Gasteiger partial charge is 0.257 e. The van der Waals surface area contributed by atoms with Crippen molar-refractivity contribution in [1.82, 2.24) is 24.6 Å². The molecule has 2 aromatic heterocycles. The quantitative estimate of drug-likeness (QED) is 0.667. The maximum Gasteiger partial charge on any atom is 0.257 e. The molecular weight excluding hydrogens is 366 g/mol. The average molecular weight is 391 g/mol. The zero-order valence-electron chi connectivity index (χ0n) is 16.7. The zero-order chi connectivity index (χ0) is 20.2. The van der Waals surface area contributed by atoms with Crippen LogP contribution in [-0.2, 0) is 11.8 Å². The summed E-state index contributed by atoms with van der Waals surface area (Å²) in [6, 6.07) is 8.43. The molecule has 1 aliphatic heterocycles. The molecular formula is C22H25N5O2. The highest BCUT2D eigenvalue weighted by Crippen LogP contribution is 2.33. The number of aromatic nitrogens is 4. The van der Waals surface area contributed by atoms with E-state index in [0.29, 0.717) is 18.7 Å². The molecule has 0 radical (unpaired) electrons. The van der Waals surface area contributed by atoms with E-state index in [-0.39, 0.29) is 18.1 Å². The molecule has 0 aliphatic carbocycles. The molecule has 0 saturated carbocycles. The number of hydrogen-bond acceptors (Lipinski definition) is 5. The van der Waals surface area contributed by atoms with E-state index in [1.54, 1.807) is 17.1 Å². The van der Waals surface area contributed by atoms with Crippen molar-refractivity contribution in [2.24, 2.45) is 7.05 Å². The van der Waals surface area contributed by atoms with Gasteiger partial charge in [-0.2, -0.15) is 5.10 Å². The number of rotatable bonds is 5. The van der Waals surface area contributed by atoms with E-state index in [1.165, 1.54) is 6.33 Å². The monoisotopic (exact) mass is 391 g/mol. The third-order valence-electron chi connectivity index (χ3n) is 5.40. The molecule has 3 heterocycles. The van der Waals surface area contributed by atoms with E-state index < -0.39 is 0 Å². The lowest BCUT2D eigenvalue weighted by Gasteiger charge is -2.37. The van der Waals surface area contributed by atoms with Crippen LogP contribution in [0.4, 0.5) is 0 Å². The lowest BCUT2D eigenvalue weighted by atomic mass is 9.94. The fourth-order valence-electron chi connectivity index (χ4n) is 3.93. The Bertz CT molecular complexity index is 972. The zero-order valence-corrected chi connectivity index (χ0v) is 16.7. The van der Waals surface area contributed by atoms with Crippen LogP contribution in [0.5, 0.6) is 0 Å². The minimum Gasteiger partial charge on any atom is -0.373 e. The molecule has 1 fully saturated rings. The number of ether oxygens (including phenoxy) is 1. The van der Waals surface area contributed by atoms with Crippen molar-refractivity contribution in [2.75, 3.05) is 13.2 Å². The number of hydrogen-bond donors (Lipinski definition) is 0. The van der Waals surface area contributed by atoms with Gasteiger partial charge < -0.3 is 9.64 Å². The van der Waals surface area contributed by atoms with Crippen LogP contribution >= 0.6 is 0 Å². The molecule has 150 valence electrons. The first kappa shape index (κ1) is 19.3. The number of carbonyl (C=O) groups excluding carboxylic acids is 1. The minimum atomic E-state index is -0.0471. The van der Waals surface area contributed by atoms with Crippen LogP contribution in [0.25, 0.3) is 11.1 Å². The van der Waals surface area contributed by atoms with Crippen molar-refractivity contribution in [3.05, 3.63) is 66.5 Å². The van der Waals surface area contributed by atoms with Crippen molar-refractivity contribution >= 4 is 5.91 Å². The van der Waals surface area contributed by atoms with Crippen LogP contribution in [-0.4, -0.2) is 49.7 Å². The Morgan fingerprint density at radius 2 is 2.07 bits per heavy atom. The van der Waals surface area contributed by atoms with Gasteiger partial charge in [-0.05, 0) is 37.0 Å². The highest BCUT2D eigenvalue weighted by Gasteiger charge is 2.31. The first-order chi connectivity index (χ1) is 14.2. The molecule has 0 bridgehead atoms. The number of amides is 1. The van der Waals surface area contributed by atoms with E-state index in [1.807, 2.05) is 43.4 Å². The van der Waals surface area contributed by atoms with Crippen molar-refractivity contribution in [3.63, 3.8) is 0 Å². The summed E-state index contributed by atoms with van der Waals surface area (Å²) in [5.41, 5.74) is 3.78. The number of nitrogens with zero attached hydrogens (tertiary/aromatic N) is 5. The molecule has 1 saturated heterocycles. The first-order valence-electron chi connectivity index (χ1n) is 9.92. The van der Waals surface area contributed by atoms with Crippen LogP contribution in [0.1, 0.15) is 41.8 Å². The molecule has 4 rings (SSSR count). The third kappa shape index (κ3) is 4.19. The molecule has 2 atom stereocenters. The van der Waals surface area contributed by atoms with Crippen molar-refractivity contribution in [3.8, 4) is 11.1 Å². The van der Waals surface area contributed by atoms with E-state index in [9.17, 15) is 4.79 Å². The van der Waals surface area contributed by atoms with Crippen molar-refractivity contribution < 1.29 is 9.53 Å². The SMILES string of the molecule is CCN(C(=O)c1cnn(C)c1)[C@H]1CCO[C@@H](c2cccc(-c3cncnc3)c2)C1.